The zero-order chi connectivity index (χ0) is 14.1. The van der Waals surface area contributed by atoms with Crippen LogP contribution < -0.4 is 0 Å². The van der Waals surface area contributed by atoms with Crippen molar-refractivity contribution in [2.75, 3.05) is 0 Å². The van der Waals surface area contributed by atoms with Crippen LogP contribution in [0.1, 0.15) is 26.7 Å². The number of hydrogen-bond donors (Lipinski definition) is 0. The van der Waals surface area contributed by atoms with E-state index in [0.29, 0.717) is 0 Å². The molecule has 104 valence electrons. The molecular weight excluding hydrogens is 268 g/mol. The Kier molecular flexibility index (Phi) is 4.28. The maximum absolute atomic E-state index is 6.61. The zero-order valence-electron chi connectivity index (χ0n) is 12.6. The standard InChI is InChI=1S/C16H24OSSi/c1-13-10-11-16(14(2)12-13,17-19(3,4)5)18-15-8-6-7-9-15/h6-8,10,12H,9,11H2,1-5H3. The maximum Gasteiger partial charge on any atom is 0.186 e. The maximum atomic E-state index is 6.61. The van der Waals surface area contributed by atoms with Crippen molar-refractivity contribution >= 4 is 20.1 Å². The number of allylic oxidation sites excluding steroid dienone is 6. The normalized spacial score (nSPS) is 27.1. The third-order valence-electron chi connectivity index (χ3n) is 3.24. The number of rotatable bonds is 4. The van der Waals surface area contributed by atoms with Gasteiger partial charge in [0.25, 0.3) is 0 Å². The topological polar surface area (TPSA) is 9.23 Å². The van der Waals surface area contributed by atoms with Crippen LogP contribution in [0, 0.1) is 0 Å². The molecule has 0 saturated carbocycles. The van der Waals surface area contributed by atoms with Gasteiger partial charge in [0.2, 0.25) is 0 Å². The van der Waals surface area contributed by atoms with E-state index >= 15 is 0 Å². The third kappa shape index (κ3) is 3.74. The number of thioether (sulfide) groups is 1. The summed E-state index contributed by atoms with van der Waals surface area (Å²) in [7, 11) is -1.59. The van der Waals surface area contributed by atoms with E-state index in [2.05, 4.69) is 63.9 Å². The van der Waals surface area contributed by atoms with Gasteiger partial charge in [-0.3, -0.25) is 0 Å². The lowest BCUT2D eigenvalue weighted by atomic mass is 9.98. The predicted octanol–water partition coefficient (Wildman–Crippen LogP) is 5.41. The molecule has 0 aromatic heterocycles. The van der Waals surface area contributed by atoms with Crippen LogP contribution in [0.5, 0.6) is 0 Å². The lowest BCUT2D eigenvalue weighted by Crippen LogP contribution is -2.42. The molecule has 1 unspecified atom stereocenters. The molecule has 2 aliphatic carbocycles. The quantitative estimate of drug-likeness (QED) is 0.506. The van der Waals surface area contributed by atoms with E-state index in [1.165, 1.54) is 16.1 Å². The molecule has 0 radical (unpaired) electrons. The fourth-order valence-corrected chi connectivity index (χ4v) is 5.73. The van der Waals surface area contributed by atoms with E-state index in [9.17, 15) is 0 Å². The summed E-state index contributed by atoms with van der Waals surface area (Å²) in [6, 6.07) is 0. The lowest BCUT2D eigenvalue weighted by Gasteiger charge is -2.41. The van der Waals surface area contributed by atoms with E-state index in [4.69, 9.17) is 4.43 Å². The second kappa shape index (κ2) is 5.47. The molecule has 0 fully saturated rings. The molecule has 1 nitrogen and oxygen atoms in total. The van der Waals surface area contributed by atoms with E-state index < -0.39 is 8.32 Å². The van der Waals surface area contributed by atoms with Crippen molar-refractivity contribution < 1.29 is 4.43 Å². The van der Waals surface area contributed by atoms with Gasteiger partial charge in [0.15, 0.2) is 8.32 Å². The Morgan fingerprint density at radius 1 is 1.26 bits per heavy atom. The Balaban J connectivity index is 2.26. The Morgan fingerprint density at radius 2 is 2.00 bits per heavy atom. The summed E-state index contributed by atoms with van der Waals surface area (Å²) >= 11 is 1.91. The Bertz CT molecular complexity index is 479. The lowest BCUT2D eigenvalue weighted by molar-refractivity contribution is 0.196. The first kappa shape index (κ1) is 14.9. The van der Waals surface area contributed by atoms with Crippen LogP contribution in [0.3, 0.4) is 0 Å². The molecule has 0 amide bonds. The largest absolute Gasteiger partial charge is 0.399 e. The molecule has 0 spiro atoms. The van der Waals surface area contributed by atoms with Gasteiger partial charge in [-0.25, -0.2) is 0 Å². The molecule has 3 heteroatoms. The molecule has 19 heavy (non-hydrogen) atoms. The summed E-state index contributed by atoms with van der Waals surface area (Å²) in [5.74, 6) is 0. The fraction of sp³-hybridized carbons (Fsp3) is 0.500. The first-order chi connectivity index (χ1) is 8.81. The van der Waals surface area contributed by atoms with E-state index in [1.54, 1.807) is 0 Å². The Labute approximate surface area is 122 Å². The van der Waals surface area contributed by atoms with Gasteiger partial charge in [-0.15, -0.1) is 0 Å². The van der Waals surface area contributed by atoms with Gasteiger partial charge in [-0.2, -0.15) is 0 Å². The van der Waals surface area contributed by atoms with E-state index in [1.807, 2.05) is 11.8 Å². The second-order valence-electron chi connectivity index (χ2n) is 6.31. The molecule has 0 aromatic rings. The minimum atomic E-state index is -1.59. The number of hydrogen-bond acceptors (Lipinski definition) is 2. The van der Waals surface area contributed by atoms with Crippen LogP contribution in [-0.2, 0) is 4.43 Å². The highest BCUT2D eigenvalue weighted by atomic mass is 32.2. The van der Waals surface area contributed by atoms with E-state index in [-0.39, 0.29) is 4.93 Å². The third-order valence-corrected chi connectivity index (χ3v) is 5.82. The van der Waals surface area contributed by atoms with Crippen molar-refractivity contribution in [1.29, 1.82) is 0 Å². The molecule has 0 saturated heterocycles. The zero-order valence-corrected chi connectivity index (χ0v) is 14.4. The molecular formula is C16H24OSSi. The average molecular weight is 293 g/mol. The monoisotopic (exact) mass is 292 g/mol. The van der Waals surface area contributed by atoms with Gasteiger partial charge >= 0.3 is 0 Å². The highest BCUT2D eigenvalue weighted by Crippen LogP contribution is 2.47. The smallest absolute Gasteiger partial charge is 0.186 e. The van der Waals surface area contributed by atoms with Crippen molar-refractivity contribution in [2.45, 2.75) is 51.3 Å². The van der Waals surface area contributed by atoms with Gasteiger partial charge in [0.1, 0.15) is 4.93 Å². The summed E-state index contributed by atoms with van der Waals surface area (Å²) in [5, 5.41) is 0. The predicted molar refractivity (Wildman–Crippen MR) is 88.7 cm³/mol. The molecule has 0 aliphatic heterocycles. The summed E-state index contributed by atoms with van der Waals surface area (Å²) < 4.78 is 6.61. The SMILES string of the molecule is CC1=CCC(O[Si](C)(C)C)(SC2=CC=CC2)C(C)=C1. The van der Waals surface area contributed by atoms with Crippen molar-refractivity contribution in [3.63, 3.8) is 0 Å². The minimum absolute atomic E-state index is 0.179. The molecule has 2 aliphatic rings. The molecule has 0 N–H and O–H groups in total. The molecule has 0 bridgehead atoms. The molecule has 1 atom stereocenters. The van der Waals surface area contributed by atoms with Crippen molar-refractivity contribution in [3.05, 3.63) is 46.4 Å². The van der Waals surface area contributed by atoms with Crippen LogP contribution in [0.4, 0.5) is 0 Å². The summed E-state index contributed by atoms with van der Waals surface area (Å²) in [5.41, 5.74) is 2.71. The first-order valence-electron chi connectivity index (χ1n) is 6.91. The Morgan fingerprint density at radius 3 is 2.53 bits per heavy atom. The van der Waals surface area contributed by atoms with E-state index in [0.717, 1.165) is 12.8 Å². The van der Waals surface area contributed by atoms with Crippen LogP contribution in [0.25, 0.3) is 0 Å². The molecule has 0 aromatic carbocycles. The first-order valence-corrected chi connectivity index (χ1v) is 11.1. The molecule has 2 rings (SSSR count). The van der Waals surface area contributed by atoms with Crippen molar-refractivity contribution in [3.8, 4) is 0 Å². The van der Waals surface area contributed by atoms with Gasteiger partial charge < -0.3 is 4.43 Å². The van der Waals surface area contributed by atoms with Gasteiger partial charge in [0, 0.05) is 6.42 Å². The minimum Gasteiger partial charge on any atom is -0.399 e. The van der Waals surface area contributed by atoms with Crippen molar-refractivity contribution in [2.24, 2.45) is 0 Å². The summed E-state index contributed by atoms with van der Waals surface area (Å²) in [6.45, 7) is 11.2. The van der Waals surface area contributed by atoms with Gasteiger partial charge in [-0.05, 0) is 50.4 Å². The van der Waals surface area contributed by atoms with Gasteiger partial charge in [0.05, 0.1) is 0 Å². The summed E-state index contributed by atoms with van der Waals surface area (Å²) in [4.78, 5) is 1.24. The highest BCUT2D eigenvalue weighted by Gasteiger charge is 2.39. The molecule has 0 heterocycles. The summed E-state index contributed by atoms with van der Waals surface area (Å²) in [6.07, 6.45) is 13.2. The van der Waals surface area contributed by atoms with Crippen LogP contribution >= 0.6 is 11.8 Å². The van der Waals surface area contributed by atoms with Crippen LogP contribution in [0.2, 0.25) is 19.6 Å². The second-order valence-corrected chi connectivity index (χ2v) is 12.1. The van der Waals surface area contributed by atoms with Crippen molar-refractivity contribution in [1.82, 2.24) is 0 Å². The van der Waals surface area contributed by atoms with Crippen LogP contribution in [-0.4, -0.2) is 13.3 Å². The fourth-order valence-electron chi connectivity index (χ4n) is 2.44. The van der Waals surface area contributed by atoms with Gasteiger partial charge in [-0.1, -0.05) is 47.7 Å². The van der Waals surface area contributed by atoms with Crippen LogP contribution in [0.15, 0.2) is 46.4 Å². The average Bonchev–Trinajstić information content (AvgIpc) is 2.74. The highest BCUT2D eigenvalue weighted by molar-refractivity contribution is 8.04. The Hall–Kier alpha value is -0.513.